The lowest BCUT2D eigenvalue weighted by Gasteiger charge is -2.34. The van der Waals surface area contributed by atoms with E-state index in [1.54, 1.807) is 0 Å². The number of likely N-dealkylation sites (N-methyl/N-ethyl adjacent to an activating group) is 1. The molecule has 1 unspecified atom stereocenters. The molecule has 1 atom stereocenters. The molecule has 1 aliphatic rings. The summed E-state index contributed by atoms with van der Waals surface area (Å²) in [5, 5.41) is 2.95. The van der Waals surface area contributed by atoms with Gasteiger partial charge in [-0.2, -0.15) is 0 Å². The van der Waals surface area contributed by atoms with Crippen molar-refractivity contribution < 1.29 is 4.79 Å². The fraction of sp³-hybridized carbons (Fsp3) is 0.364. The molecule has 1 N–H and O–H groups in total. The molecule has 2 rings (SSSR count). The van der Waals surface area contributed by atoms with Crippen molar-refractivity contribution in [3.05, 3.63) is 21.8 Å². The van der Waals surface area contributed by atoms with Gasteiger partial charge in [-0.15, -0.1) is 0 Å². The van der Waals surface area contributed by atoms with Crippen molar-refractivity contribution in [1.29, 1.82) is 0 Å². The Morgan fingerprint density at radius 1 is 1.53 bits per heavy atom. The molecule has 0 saturated carbocycles. The van der Waals surface area contributed by atoms with Gasteiger partial charge in [0.1, 0.15) is 6.04 Å². The molecule has 0 bridgehead atoms. The van der Waals surface area contributed by atoms with Crippen LogP contribution in [0.3, 0.4) is 0 Å². The molecule has 0 spiro atoms. The summed E-state index contributed by atoms with van der Waals surface area (Å²) in [7, 11) is 1.97. The highest BCUT2D eigenvalue weighted by Gasteiger charge is 2.28. The molecule has 1 aromatic rings. The summed E-state index contributed by atoms with van der Waals surface area (Å²) >= 11 is 2.24. The summed E-state index contributed by atoms with van der Waals surface area (Å²) in [4.78, 5) is 13.8. The predicted octanol–water partition coefficient (Wildman–Crippen LogP) is 2.46. The van der Waals surface area contributed by atoms with Crippen LogP contribution in [0.25, 0.3) is 0 Å². The molecule has 0 aromatic heterocycles. The number of halogens is 1. The molecule has 0 aliphatic carbocycles. The van der Waals surface area contributed by atoms with Gasteiger partial charge in [-0.25, -0.2) is 0 Å². The van der Waals surface area contributed by atoms with Crippen LogP contribution in [0.2, 0.25) is 0 Å². The Labute approximate surface area is 103 Å². The molecule has 0 radical (unpaired) electrons. The third kappa shape index (κ3) is 1.82. The van der Waals surface area contributed by atoms with Crippen molar-refractivity contribution in [3.8, 4) is 0 Å². The number of rotatable bonds is 1. The first kappa shape index (κ1) is 10.7. The van der Waals surface area contributed by atoms with E-state index in [1.165, 1.54) is 0 Å². The molecule has 15 heavy (non-hydrogen) atoms. The standard InChI is InChI=1S/C11H13IN2O/c1-3-9-11(15)13-8-6-7(12)4-5-10(8)14(9)2/h4-6,9H,3H2,1-2H3,(H,13,15). The normalized spacial score (nSPS) is 19.8. The Morgan fingerprint density at radius 3 is 2.93 bits per heavy atom. The number of fused-ring (bicyclic) bond motifs is 1. The van der Waals surface area contributed by atoms with E-state index in [-0.39, 0.29) is 11.9 Å². The number of nitrogens with one attached hydrogen (secondary N) is 1. The number of carbonyl (C=O) groups excluding carboxylic acids is 1. The van der Waals surface area contributed by atoms with E-state index in [0.29, 0.717) is 0 Å². The van der Waals surface area contributed by atoms with E-state index in [9.17, 15) is 4.79 Å². The van der Waals surface area contributed by atoms with Gasteiger partial charge >= 0.3 is 0 Å². The summed E-state index contributed by atoms with van der Waals surface area (Å²) in [6.45, 7) is 2.03. The lowest BCUT2D eigenvalue weighted by Crippen LogP contribution is -2.45. The summed E-state index contributed by atoms with van der Waals surface area (Å²) in [5.74, 6) is 0.0921. The molecule has 1 amide bonds. The Balaban J connectivity index is 2.45. The molecule has 0 saturated heterocycles. The van der Waals surface area contributed by atoms with Crippen LogP contribution in [0.15, 0.2) is 18.2 Å². The highest BCUT2D eigenvalue weighted by molar-refractivity contribution is 14.1. The quantitative estimate of drug-likeness (QED) is 0.807. The van der Waals surface area contributed by atoms with Crippen LogP contribution < -0.4 is 10.2 Å². The van der Waals surface area contributed by atoms with Crippen LogP contribution in [0.5, 0.6) is 0 Å². The van der Waals surface area contributed by atoms with Gasteiger partial charge in [0.15, 0.2) is 0 Å². The van der Waals surface area contributed by atoms with Gasteiger partial charge in [0, 0.05) is 10.6 Å². The van der Waals surface area contributed by atoms with Crippen molar-refractivity contribution in [3.63, 3.8) is 0 Å². The molecule has 80 valence electrons. The SMILES string of the molecule is CCC1C(=O)Nc2cc(I)ccc2N1C. The molecule has 0 fully saturated rings. The maximum absolute atomic E-state index is 11.8. The molecular formula is C11H13IN2O. The zero-order valence-corrected chi connectivity index (χ0v) is 10.9. The highest BCUT2D eigenvalue weighted by Crippen LogP contribution is 2.32. The first-order valence-electron chi connectivity index (χ1n) is 4.96. The summed E-state index contributed by atoms with van der Waals surface area (Å²) in [5.41, 5.74) is 2.01. The second kappa shape index (κ2) is 4.00. The molecular weight excluding hydrogens is 303 g/mol. The Morgan fingerprint density at radius 2 is 2.27 bits per heavy atom. The number of carbonyl (C=O) groups is 1. The van der Waals surface area contributed by atoms with E-state index in [1.807, 2.05) is 24.9 Å². The lowest BCUT2D eigenvalue weighted by molar-refractivity contribution is -0.117. The first-order valence-corrected chi connectivity index (χ1v) is 6.04. The van der Waals surface area contributed by atoms with Gasteiger partial charge in [-0.3, -0.25) is 4.79 Å². The number of hydrogen-bond acceptors (Lipinski definition) is 2. The van der Waals surface area contributed by atoms with Crippen LogP contribution in [-0.4, -0.2) is 19.0 Å². The average Bonchev–Trinajstić information content (AvgIpc) is 2.17. The maximum atomic E-state index is 11.8. The van der Waals surface area contributed by atoms with Gasteiger partial charge in [0.2, 0.25) is 5.91 Å². The van der Waals surface area contributed by atoms with Crippen molar-refractivity contribution in [2.24, 2.45) is 0 Å². The van der Waals surface area contributed by atoms with Crippen molar-refractivity contribution >= 4 is 39.9 Å². The number of benzene rings is 1. The summed E-state index contributed by atoms with van der Waals surface area (Å²) in [6.07, 6.45) is 0.827. The number of nitrogens with zero attached hydrogens (tertiary/aromatic N) is 1. The second-order valence-corrected chi connectivity index (χ2v) is 4.93. The van der Waals surface area contributed by atoms with Gasteiger partial charge in [-0.1, -0.05) is 6.92 Å². The minimum absolute atomic E-state index is 0.0439. The van der Waals surface area contributed by atoms with E-state index >= 15 is 0 Å². The molecule has 1 aromatic carbocycles. The Bertz CT molecular complexity index is 406. The van der Waals surface area contributed by atoms with E-state index in [4.69, 9.17) is 0 Å². The molecule has 4 heteroatoms. The van der Waals surface area contributed by atoms with Crippen LogP contribution in [0.1, 0.15) is 13.3 Å². The number of amides is 1. The minimum Gasteiger partial charge on any atom is -0.361 e. The fourth-order valence-corrected chi connectivity index (χ4v) is 2.43. The van der Waals surface area contributed by atoms with Crippen LogP contribution in [0, 0.1) is 3.57 Å². The topological polar surface area (TPSA) is 32.3 Å². The van der Waals surface area contributed by atoms with Crippen molar-refractivity contribution in [1.82, 2.24) is 0 Å². The van der Waals surface area contributed by atoms with Gasteiger partial charge in [0.25, 0.3) is 0 Å². The van der Waals surface area contributed by atoms with E-state index < -0.39 is 0 Å². The van der Waals surface area contributed by atoms with Gasteiger partial charge in [0.05, 0.1) is 11.4 Å². The summed E-state index contributed by atoms with van der Waals surface area (Å²) in [6, 6.07) is 6.06. The summed E-state index contributed by atoms with van der Waals surface area (Å²) < 4.78 is 1.13. The second-order valence-electron chi connectivity index (χ2n) is 3.69. The van der Waals surface area contributed by atoms with Crippen molar-refractivity contribution in [2.45, 2.75) is 19.4 Å². The largest absolute Gasteiger partial charge is 0.361 e. The monoisotopic (exact) mass is 316 g/mol. The third-order valence-electron chi connectivity index (χ3n) is 2.75. The first-order chi connectivity index (χ1) is 7.13. The number of hydrogen-bond donors (Lipinski definition) is 1. The predicted molar refractivity (Wildman–Crippen MR) is 70.3 cm³/mol. The van der Waals surface area contributed by atoms with E-state index in [2.05, 4.69) is 40.0 Å². The number of anilines is 2. The Hall–Kier alpha value is -0.780. The van der Waals surface area contributed by atoms with Gasteiger partial charge < -0.3 is 10.2 Å². The average molecular weight is 316 g/mol. The lowest BCUT2D eigenvalue weighted by atomic mass is 10.1. The smallest absolute Gasteiger partial charge is 0.247 e. The van der Waals surface area contributed by atoms with Crippen molar-refractivity contribution in [2.75, 3.05) is 17.3 Å². The third-order valence-corrected chi connectivity index (χ3v) is 3.42. The van der Waals surface area contributed by atoms with Crippen LogP contribution in [-0.2, 0) is 4.79 Å². The molecule has 1 aliphatic heterocycles. The highest BCUT2D eigenvalue weighted by atomic mass is 127. The Kier molecular flexibility index (Phi) is 2.86. The molecule has 3 nitrogen and oxygen atoms in total. The zero-order chi connectivity index (χ0) is 11.0. The minimum atomic E-state index is -0.0439. The van der Waals surface area contributed by atoms with Crippen LogP contribution in [0.4, 0.5) is 11.4 Å². The van der Waals surface area contributed by atoms with E-state index in [0.717, 1.165) is 21.4 Å². The maximum Gasteiger partial charge on any atom is 0.247 e. The molecule has 1 heterocycles. The zero-order valence-electron chi connectivity index (χ0n) is 8.75. The van der Waals surface area contributed by atoms with Crippen LogP contribution >= 0.6 is 22.6 Å². The fourth-order valence-electron chi connectivity index (χ4n) is 1.94. The van der Waals surface area contributed by atoms with Gasteiger partial charge in [-0.05, 0) is 47.2 Å².